The standard InChI is InChI=1S/C30H37ClN4O5S/c1-30(2,3)34-41(39,40)25-14-13-23(21-11-7-8-12-22(21)25)35-24(15-18-9-5-4-6-10-18)26(31)27(33-35)28(36)32-20-16-19(17-20)29(37)38/h7-8,11-14,18-20,34H,4-6,9-10,15-17H2,1-3H3,(H,32,36)(H,37,38). The lowest BCUT2D eigenvalue weighted by molar-refractivity contribution is -0.145. The minimum atomic E-state index is -3.83. The van der Waals surface area contributed by atoms with Crippen molar-refractivity contribution in [1.82, 2.24) is 19.8 Å². The minimum Gasteiger partial charge on any atom is -0.481 e. The molecule has 9 nitrogen and oxygen atoms in total. The van der Waals surface area contributed by atoms with Gasteiger partial charge in [-0.3, -0.25) is 9.59 Å². The fourth-order valence-corrected chi connectivity index (χ4v) is 7.85. The van der Waals surface area contributed by atoms with Crippen molar-refractivity contribution >= 4 is 44.3 Å². The summed E-state index contributed by atoms with van der Waals surface area (Å²) in [5, 5.41) is 18.3. The van der Waals surface area contributed by atoms with Crippen LogP contribution in [-0.2, 0) is 21.2 Å². The number of hydrogen-bond donors (Lipinski definition) is 3. The van der Waals surface area contributed by atoms with Gasteiger partial charge in [0.15, 0.2) is 5.69 Å². The molecule has 2 aromatic carbocycles. The van der Waals surface area contributed by atoms with Gasteiger partial charge in [0.1, 0.15) is 0 Å². The summed E-state index contributed by atoms with van der Waals surface area (Å²) in [5.74, 6) is -1.35. The number of aromatic nitrogens is 2. The molecule has 2 saturated carbocycles. The van der Waals surface area contributed by atoms with E-state index in [9.17, 15) is 23.1 Å². The summed E-state index contributed by atoms with van der Waals surface area (Å²) in [5.41, 5.74) is 0.784. The molecule has 0 spiro atoms. The van der Waals surface area contributed by atoms with E-state index in [0.29, 0.717) is 47.3 Å². The molecule has 1 amide bonds. The number of carboxylic acids is 1. The van der Waals surface area contributed by atoms with Crippen molar-refractivity contribution < 1.29 is 23.1 Å². The molecule has 0 saturated heterocycles. The Balaban J connectivity index is 1.57. The van der Waals surface area contributed by atoms with Crippen LogP contribution in [0, 0.1) is 11.8 Å². The Morgan fingerprint density at radius 1 is 1.05 bits per heavy atom. The maximum Gasteiger partial charge on any atom is 0.306 e. The van der Waals surface area contributed by atoms with Crippen LogP contribution in [-0.4, -0.2) is 46.8 Å². The third-order valence-electron chi connectivity index (χ3n) is 7.98. The molecule has 5 rings (SSSR count). The zero-order chi connectivity index (χ0) is 29.5. The SMILES string of the molecule is CC(C)(C)NS(=O)(=O)c1ccc(-n2nc(C(=O)NC3CC(C(=O)O)C3)c(Cl)c2CC2CCCCC2)c2ccccc12. The number of halogens is 1. The van der Waals surface area contributed by atoms with Crippen LogP contribution in [0.2, 0.25) is 5.02 Å². The van der Waals surface area contributed by atoms with Gasteiger partial charge in [-0.1, -0.05) is 68.0 Å². The number of rotatable bonds is 8. The van der Waals surface area contributed by atoms with E-state index in [-0.39, 0.29) is 21.7 Å². The number of hydrogen-bond acceptors (Lipinski definition) is 5. The van der Waals surface area contributed by atoms with E-state index in [1.807, 2.05) is 12.1 Å². The molecule has 3 N–H and O–H groups in total. The molecular formula is C30H37ClN4O5S. The Kier molecular flexibility index (Phi) is 8.20. The van der Waals surface area contributed by atoms with Gasteiger partial charge in [0.25, 0.3) is 5.91 Å². The summed E-state index contributed by atoms with van der Waals surface area (Å²) >= 11 is 6.90. The monoisotopic (exact) mass is 600 g/mol. The summed E-state index contributed by atoms with van der Waals surface area (Å²) in [6, 6.07) is 10.3. The molecule has 41 heavy (non-hydrogen) atoms. The number of sulfonamides is 1. The first-order valence-corrected chi connectivity index (χ1v) is 16.1. The Bertz CT molecular complexity index is 1580. The highest BCUT2D eigenvalue weighted by Gasteiger charge is 2.37. The first kappa shape index (κ1) is 29.5. The molecule has 2 aliphatic rings. The smallest absolute Gasteiger partial charge is 0.306 e. The zero-order valence-electron chi connectivity index (χ0n) is 23.6. The molecular weight excluding hydrogens is 564 g/mol. The lowest BCUT2D eigenvalue weighted by Crippen LogP contribution is -2.46. The van der Waals surface area contributed by atoms with Gasteiger partial charge in [0, 0.05) is 22.4 Å². The van der Waals surface area contributed by atoms with Gasteiger partial charge in [0.05, 0.1) is 27.2 Å². The number of carboxylic acid groups (broad SMARTS) is 1. The summed E-state index contributed by atoms with van der Waals surface area (Å²) in [4.78, 5) is 24.7. The topological polar surface area (TPSA) is 130 Å². The highest BCUT2D eigenvalue weighted by molar-refractivity contribution is 7.89. The Labute approximate surface area is 245 Å². The molecule has 0 aliphatic heterocycles. The van der Waals surface area contributed by atoms with Crippen LogP contribution >= 0.6 is 11.6 Å². The average Bonchev–Trinajstić information content (AvgIpc) is 3.19. The largest absolute Gasteiger partial charge is 0.481 e. The van der Waals surface area contributed by atoms with Gasteiger partial charge in [-0.05, 0) is 58.1 Å². The van der Waals surface area contributed by atoms with Crippen molar-refractivity contribution in [2.45, 2.75) is 88.6 Å². The number of amides is 1. The third-order valence-corrected chi connectivity index (χ3v) is 10.2. The first-order chi connectivity index (χ1) is 19.3. The molecule has 2 fully saturated rings. The van der Waals surface area contributed by atoms with Crippen molar-refractivity contribution in [3.8, 4) is 5.69 Å². The lowest BCUT2D eigenvalue weighted by Gasteiger charge is -2.32. The van der Waals surface area contributed by atoms with E-state index < -0.39 is 33.4 Å². The Morgan fingerprint density at radius 3 is 2.34 bits per heavy atom. The van der Waals surface area contributed by atoms with Gasteiger partial charge in [0.2, 0.25) is 10.0 Å². The number of nitrogens with zero attached hydrogens (tertiary/aromatic N) is 2. The van der Waals surface area contributed by atoms with Crippen LogP contribution in [0.1, 0.15) is 81.9 Å². The predicted molar refractivity (Wildman–Crippen MR) is 158 cm³/mol. The van der Waals surface area contributed by atoms with Gasteiger partial charge in [-0.15, -0.1) is 0 Å². The van der Waals surface area contributed by atoms with E-state index >= 15 is 0 Å². The first-order valence-electron chi connectivity index (χ1n) is 14.2. The molecule has 1 heterocycles. The fourth-order valence-electron chi connectivity index (χ4n) is 5.94. The van der Waals surface area contributed by atoms with Crippen LogP contribution in [0.3, 0.4) is 0 Å². The second kappa shape index (κ2) is 11.4. The van der Waals surface area contributed by atoms with Crippen LogP contribution in [0.15, 0.2) is 41.3 Å². The zero-order valence-corrected chi connectivity index (χ0v) is 25.2. The van der Waals surface area contributed by atoms with Gasteiger partial charge < -0.3 is 10.4 Å². The number of aliphatic carboxylic acids is 1. The molecule has 220 valence electrons. The molecule has 0 atom stereocenters. The Hall–Kier alpha value is -2.95. The summed E-state index contributed by atoms with van der Waals surface area (Å²) < 4.78 is 31.1. The average molecular weight is 601 g/mol. The normalized spacial score (nSPS) is 20.1. The molecule has 3 aromatic rings. The Morgan fingerprint density at radius 2 is 1.71 bits per heavy atom. The molecule has 0 unspecified atom stereocenters. The molecule has 1 aromatic heterocycles. The van der Waals surface area contributed by atoms with E-state index in [2.05, 4.69) is 10.0 Å². The van der Waals surface area contributed by atoms with Crippen LogP contribution in [0.4, 0.5) is 0 Å². The van der Waals surface area contributed by atoms with Crippen molar-refractivity contribution in [1.29, 1.82) is 0 Å². The lowest BCUT2D eigenvalue weighted by atomic mass is 9.80. The van der Waals surface area contributed by atoms with E-state index in [0.717, 1.165) is 25.7 Å². The third kappa shape index (κ3) is 6.29. The predicted octanol–water partition coefficient (Wildman–Crippen LogP) is 5.47. The van der Waals surface area contributed by atoms with Gasteiger partial charge in [-0.25, -0.2) is 17.8 Å². The van der Waals surface area contributed by atoms with Crippen molar-refractivity contribution in [3.63, 3.8) is 0 Å². The quantitative estimate of drug-likeness (QED) is 0.314. The van der Waals surface area contributed by atoms with E-state index in [4.69, 9.17) is 16.7 Å². The van der Waals surface area contributed by atoms with Crippen LogP contribution in [0.25, 0.3) is 16.5 Å². The summed E-state index contributed by atoms with van der Waals surface area (Å²) in [6.45, 7) is 5.38. The maximum absolute atomic E-state index is 13.3. The minimum absolute atomic E-state index is 0.0893. The number of benzene rings is 2. The van der Waals surface area contributed by atoms with E-state index in [1.165, 1.54) is 6.42 Å². The maximum atomic E-state index is 13.3. The molecule has 0 bridgehead atoms. The summed E-state index contributed by atoms with van der Waals surface area (Å²) in [7, 11) is -3.83. The second-order valence-corrected chi connectivity index (χ2v) is 14.4. The van der Waals surface area contributed by atoms with Crippen molar-refractivity contribution in [2.24, 2.45) is 11.8 Å². The number of carbonyl (C=O) groups excluding carboxylic acids is 1. The number of nitrogens with one attached hydrogen (secondary N) is 2. The highest BCUT2D eigenvalue weighted by Crippen LogP contribution is 2.36. The summed E-state index contributed by atoms with van der Waals surface area (Å²) in [6.07, 6.45) is 7.02. The molecule has 11 heteroatoms. The second-order valence-electron chi connectivity index (χ2n) is 12.4. The van der Waals surface area contributed by atoms with E-state index in [1.54, 1.807) is 49.7 Å². The van der Waals surface area contributed by atoms with Gasteiger partial charge >= 0.3 is 5.97 Å². The number of fused-ring (bicyclic) bond motifs is 1. The van der Waals surface area contributed by atoms with Gasteiger partial charge in [-0.2, -0.15) is 5.10 Å². The van der Waals surface area contributed by atoms with Crippen molar-refractivity contribution in [3.05, 3.63) is 52.8 Å². The highest BCUT2D eigenvalue weighted by atomic mass is 35.5. The number of carbonyl (C=O) groups is 2. The van der Waals surface area contributed by atoms with Crippen LogP contribution < -0.4 is 10.0 Å². The van der Waals surface area contributed by atoms with Crippen LogP contribution in [0.5, 0.6) is 0 Å². The fraction of sp³-hybridized carbons (Fsp3) is 0.500. The van der Waals surface area contributed by atoms with Crippen molar-refractivity contribution in [2.75, 3.05) is 0 Å². The molecule has 2 aliphatic carbocycles. The molecule has 0 radical (unpaired) electrons.